The Morgan fingerprint density at radius 1 is 1.37 bits per heavy atom. The van der Waals surface area contributed by atoms with Gasteiger partial charge in [-0.25, -0.2) is 8.78 Å². The highest BCUT2D eigenvalue weighted by Gasteiger charge is 2.46. The third-order valence-corrected chi connectivity index (χ3v) is 5.88. The van der Waals surface area contributed by atoms with E-state index >= 15 is 0 Å². The fourth-order valence-electron chi connectivity index (χ4n) is 4.35. The molecule has 2 heterocycles. The van der Waals surface area contributed by atoms with Crippen molar-refractivity contribution < 1.29 is 18.7 Å². The minimum Gasteiger partial charge on any atom is -0.394 e. The molecule has 2 aliphatic heterocycles. The van der Waals surface area contributed by atoms with E-state index in [1.54, 1.807) is 34.1 Å². The maximum Gasteiger partial charge on any atom is 0.261 e. The molecule has 0 bridgehead atoms. The molecule has 7 heteroatoms. The molecule has 146 valence electrons. The predicted molar refractivity (Wildman–Crippen MR) is 96.3 cm³/mol. The molecular weight excluding hydrogens is 352 g/mol. The minimum atomic E-state index is -2.65. The number of nitriles is 1. The molecule has 0 radical (unpaired) electrons. The topological polar surface area (TPSA) is 67.6 Å². The van der Waals surface area contributed by atoms with E-state index in [4.69, 9.17) is 5.26 Å². The monoisotopic (exact) mass is 377 g/mol. The number of carbonyl (C=O) groups excluding carboxylic acids is 1. The van der Waals surface area contributed by atoms with Crippen LogP contribution in [-0.2, 0) is 0 Å². The molecule has 1 aromatic carbocycles. The predicted octanol–water partition coefficient (Wildman–Crippen LogP) is 2.36. The maximum atomic E-state index is 13.5. The second-order valence-corrected chi connectivity index (χ2v) is 7.57. The second-order valence-electron chi connectivity index (χ2n) is 7.57. The molecule has 3 atom stereocenters. The Morgan fingerprint density at radius 2 is 2.07 bits per heavy atom. The Bertz CT molecular complexity index is 717. The van der Waals surface area contributed by atoms with Gasteiger partial charge in [0.2, 0.25) is 0 Å². The number of rotatable bonds is 5. The van der Waals surface area contributed by atoms with Crippen molar-refractivity contribution in [3.63, 3.8) is 0 Å². The van der Waals surface area contributed by atoms with Gasteiger partial charge in [-0.1, -0.05) is 13.3 Å². The lowest BCUT2D eigenvalue weighted by atomic mass is 9.88. The molecule has 0 saturated carbocycles. The van der Waals surface area contributed by atoms with Crippen molar-refractivity contribution in [2.75, 3.05) is 32.8 Å². The van der Waals surface area contributed by atoms with E-state index in [-0.39, 0.29) is 43.4 Å². The van der Waals surface area contributed by atoms with Gasteiger partial charge in [0.25, 0.3) is 11.8 Å². The van der Waals surface area contributed by atoms with Gasteiger partial charge in [0, 0.05) is 31.6 Å². The fraction of sp³-hybridized carbons (Fsp3) is 0.600. The summed E-state index contributed by atoms with van der Waals surface area (Å²) in [5.74, 6) is -2.70. The molecule has 1 amide bonds. The zero-order valence-electron chi connectivity index (χ0n) is 15.4. The molecule has 2 saturated heterocycles. The lowest BCUT2D eigenvalue weighted by molar-refractivity contribution is 0.00885. The average molecular weight is 377 g/mol. The summed E-state index contributed by atoms with van der Waals surface area (Å²) in [5.41, 5.74) is 0.946. The van der Waals surface area contributed by atoms with Crippen LogP contribution in [0.1, 0.15) is 35.7 Å². The molecule has 1 aromatic rings. The van der Waals surface area contributed by atoms with Gasteiger partial charge in [0.1, 0.15) is 0 Å². The number of benzene rings is 1. The molecule has 0 aliphatic carbocycles. The largest absolute Gasteiger partial charge is 0.394 e. The van der Waals surface area contributed by atoms with Crippen LogP contribution in [0.3, 0.4) is 0 Å². The van der Waals surface area contributed by atoms with Gasteiger partial charge in [0.15, 0.2) is 0 Å². The van der Waals surface area contributed by atoms with Crippen LogP contribution in [-0.4, -0.2) is 65.6 Å². The van der Waals surface area contributed by atoms with Crippen molar-refractivity contribution in [3.05, 3.63) is 35.4 Å². The third-order valence-electron chi connectivity index (χ3n) is 5.88. The van der Waals surface area contributed by atoms with Crippen LogP contribution in [0.4, 0.5) is 8.78 Å². The lowest BCUT2D eigenvalue weighted by Crippen LogP contribution is -2.43. The zero-order chi connectivity index (χ0) is 19.6. The van der Waals surface area contributed by atoms with Crippen LogP contribution >= 0.6 is 0 Å². The Labute approximate surface area is 158 Å². The fourth-order valence-corrected chi connectivity index (χ4v) is 4.35. The summed E-state index contributed by atoms with van der Waals surface area (Å²) in [5, 5.41) is 18.9. The SMILES string of the molecule is CC[C@@H]1CN(C(=O)c2ccc(C#N)cc2)[C@H](CO)[C@@H]1CN1CCC(F)(F)C1. The highest BCUT2D eigenvalue weighted by molar-refractivity contribution is 5.94. The number of hydrogen-bond acceptors (Lipinski definition) is 4. The third kappa shape index (κ3) is 4.12. The summed E-state index contributed by atoms with van der Waals surface area (Å²) in [6, 6.07) is 8.06. The summed E-state index contributed by atoms with van der Waals surface area (Å²) in [6.07, 6.45) is 0.691. The van der Waals surface area contributed by atoms with E-state index in [0.29, 0.717) is 30.8 Å². The quantitative estimate of drug-likeness (QED) is 0.855. The van der Waals surface area contributed by atoms with Gasteiger partial charge in [-0.05, 0) is 36.1 Å². The molecule has 2 fully saturated rings. The van der Waals surface area contributed by atoms with Crippen LogP contribution in [0.15, 0.2) is 24.3 Å². The molecule has 1 N–H and O–H groups in total. The number of amides is 1. The van der Waals surface area contributed by atoms with E-state index in [9.17, 15) is 18.7 Å². The van der Waals surface area contributed by atoms with E-state index in [2.05, 4.69) is 0 Å². The molecule has 5 nitrogen and oxygen atoms in total. The summed E-state index contributed by atoms with van der Waals surface area (Å²) < 4.78 is 27.1. The van der Waals surface area contributed by atoms with Crippen molar-refractivity contribution in [2.24, 2.45) is 11.8 Å². The van der Waals surface area contributed by atoms with Gasteiger partial charge < -0.3 is 10.0 Å². The van der Waals surface area contributed by atoms with Gasteiger partial charge in [-0.15, -0.1) is 0 Å². The Hall–Kier alpha value is -2.04. The van der Waals surface area contributed by atoms with Gasteiger partial charge in [0.05, 0.1) is 30.8 Å². The van der Waals surface area contributed by atoms with Gasteiger partial charge >= 0.3 is 0 Å². The number of carbonyl (C=O) groups is 1. The van der Waals surface area contributed by atoms with Crippen molar-refractivity contribution in [3.8, 4) is 6.07 Å². The molecule has 2 aliphatic rings. The molecule has 27 heavy (non-hydrogen) atoms. The second kappa shape index (κ2) is 7.91. The molecule has 0 aromatic heterocycles. The van der Waals surface area contributed by atoms with E-state index in [1.165, 1.54) is 0 Å². The standard InChI is InChI=1S/C20H25F2N3O2/c1-2-15-10-25(19(27)16-5-3-14(9-23)4-6-16)18(12-26)17(15)11-24-8-7-20(21,22)13-24/h3-6,15,17-18,26H,2,7-8,10-13H2,1H3/t15-,17-,18-/m1/s1. The van der Waals surface area contributed by atoms with Crippen molar-refractivity contribution >= 4 is 5.91 Å². The number of aliphatic hydroxyl groups is 1. The Morgan fingerprint density at radius 3 is 2.59 bits per heavy atom. The van der Waals surface area contributed by atoms with Crippen LogP contribution in [0, 0.1) is 23.2 Å². The van der Waals surface area contributed by atoms with Crippen molar-refractivity contribution in [1.29, 1.82) is 5.26 Å². The highest BCUT2D eigenvalue weighted by atomic mass is 19.3. The summed E-state index contributed by atoms with van der Waals surface area (Å²) in [7, 11) is 0. The van der Waals surface area contributed by atoms with Crippen LogP contribution in [0.2, 0.25) is 0 Å². The number of likely N-dealkylation sites (tertiary alicyclic amines) is 2. The Kier molecular flexibility index (Phi) is 5.78. The number of alkyl halides is 2. The van der Waals surface area contributed by atoms with Crippen LogP contribution < -0.4 is 0 Å². The zero-order valence-corrected chi connectivity index (χ0v) is 15.4. The van der Waals surface area contributed by atoms with Crippen LogP contribution in [0.5, 0.6) is 0 Å². The van der Waals surface area contributed by atoms with E-state index < -0.39 is 5.92 Å². The number of aliphatic hydroxyl groups excluding tert-OH is 1. The first-order valence-electron chi connectivity index (χ1n) is 9.40. The molecular formula is C20H25F2N3O2. The number of hydrogen-bond donors (Lipinski definition) is 1. The first-order valence-corrected chi connectivity index (χ1v) is 9.40. The summed E-state index contributed by atoms with van der Waals surface area (Å²) >= 11 is 0. The van der Waals surface area contributed by atoms with Crippen molar-refractivity contribution in [1.82, 2.24) is 9.80 Å². The normalized spacial score (nSPS) is 27.7. The van der Waals surface area contributed by atoms with Gasteiger partial charge in [-0.2, -0.15) is 5.26 Å². The minimum absolute atomic E-state index is 0.0313. The summed E-state index contributed by atoms with van der Waals surface area (Å²) in [4.78, 5) is 16.4. The highest BCUT2D eigenvalue weighted by Crippen LogP contribution is 2.36. The lowest BCUT2D eigenvalue weighted by Gasteiger charge is -2.30. The summed E-state index contributed by atoms with van der Waals surface area (Å²) in [6.45, 7) is 2.92. The molecule has 0 spiro atoms. The van der Waals surface area contributed by atoms with E-state index in [1.807, 2.05) is 13.0 Å². The number of nitrogens with zero attached hydrogens (tertiary/aromatic N) is 3. The van der Waals surface area contributed by atoms with Crippen molar-refractivity contribution in [2.45, 2.75) is 31.7 Å². The number of halogens is 2. The van der Waals surface area contributed by atoms with Crippen LogP contribution in [0.25, 0.3) is 0 Å². The maximum absolute atomic E-state index is 13.5. The first-order chi connectivity index (χ1) is 12.9. The molecule has 0 unspecified atom stereocenters. The Balaban J connectivity index is 1.76. The smallest absolute Gasteiger partial charge is 0.261 e. The average Bonchev–Trinajstić information content (AvgIpc) is 3.20. The van der Waals surface area contributed by atoms with Gasteiger partial charge in [-0.3, -0.25) is 9.69 Å². The molecule has 3 rings (SSSR count). The van der Waals surface area contributed by atoms with E-state index in [0.717, 1.165) is 6.42 Å². The first kappa shape index (κ1) is 19.7.